The Morgan fingerprint density at radius 1 is 0.263 bits per heavy atom. The van der Waals surface area contributed by atoms with E-state index in [-0.39, 0.29) is 31.1 Å². The Kier molecular flexibility index (Phi) is 62.6. The Morgan fingerprint density at radius 2 is 0.474 bits per heavy atom. The first-order valence-corrected chi connectivity index (χ1v) is 33.6. The van der Waals surface area contributed by atoms with Crippen molar-refractivity contribution in [3.05, 3.63) is 48.6 Å². The lowest BCUT2D eigenvalue weighted by Crippen LogP contribution is -2.30. The molecule has 0 saturated carbocycles. The Bertz CT molecular complexity index is 1310. The molecule has 0 aromatic rings. The molecule has 0 aliphatic heterocycles. The molecule has 6 nitrogen and oxygen atoms in total. The molecule has 444 valence electrons. The van der Waals surface area contributed by atoms with E-state index in [2.05, 4.69) is 69.4 Å². The van der Waals surface area contributed by atoms with Gasteiger partial charge in [0, 0.05) is 19.3 Å². The van der Waals surface area contributed by atoms with Gasteiger partial charge in [-0.3, -0.25) is 14.4 Å². The first-order chi connectivity index (χ1) is 37.5. The number of rotatable bonds is 62. The van der Waals surface area contributed by atoms with Crippen LogP contribution in [0, 0.1) is 0 Å². The maximum absolute atomic E-state index is 12.8. The Hall–Kier alpha value is -2.63. The number of hydrogen-bond donors (Lipinski definition) is 0. The number of carbonyl (C=O) groups is 3. The van der Waals surface area contributed by atoms with E-state index in [0.29, 0.717) is 19.3 Å². The van der Waals surface area contributed by atoms with Crippen molar-refractivity contribution in [1.82, 2.24) is 0 Å². The van der Waals surface area contributed by atoms with Gasteiger partial charge in [-0.05, 0) is 83.5 Å². The number of esters is 3. The van der Waals surface area contributed by atoms with Gasteiger partial charge in [-0.2, -0.15) is 0 Å². The minimum absolute atomic E-state index is 0.0701. The van der Waals surface area contributed by atoms with Crippen molar-refractivity contribution in [3.63, 3.8) is 0 Å². The Balaban J connectivity index is 4.00. The van der Waals surface area contributed by atoms with Crippen molar-refractivity contribution in [3.8, 4) is 0 Å². The number of allylic oxidation sites excluding steroid dienone is 8. The van der Waals surface area contributed by atoms with Crippen LogP contribution in [-0.4, -0.2) is 37.2 Å². The summed E-state index contributed by atoms with van der Waals surface area (Å²) in [5, 5.41) is 0. The summed E-state index contributed by atoms with van der Waals surface area (Å²) in [6, 6.07) is 0. The molecule has 0 bridgehead atoms. The molecule has 76 heavy (non-hydrogen) atoms. The average Bonchev–Trinajstić information content (AvgIpc) is 3.42. The lowest BCUT2D eigenvalue weighted by molar-refractivity contribution is -0.167. The van der Waals surface area contributed by atoms with Gasteiger partial charge in [0.1, 0.15) is 13.2 Å². The predicted molar refractivity (Wildman–Crippen MR) is 330 cm³/mol. The van der Waals surface area contributed by atoms with Crippen molar-refractivity contribution in [1.29, 1.82) is 0 Å². The third kappa shape index (κ3) is 62.2. The molecule has 6 heteroatoms. The molecule has 0 amide bonds. The summed E-state index contributed by atoms with van der Waals surface area (Å²) < 4.78 is 16.8. The molecule has 0 aromatic carbocycles. The van der Waals surface area contributed by atoms with E-state index >= 15 is 0 Å². The van der Waals surface area contributed by atoms with Gasteiger partial charge in [0.15, 0.2) is 6.10 Å². The molecule has 0 saturated heterocycles. The molecule has 0 fully saturated rings. The lowest BCUT2D eigenvalue weighted by Gasteiger charge is -2.18. The van der Waals surface area contributed by atoms with Crippen molar-refractivity contribution >= 4 is 17.9 Å². The van der Waals surface area contributed by atoms with Crippen LogP contribution in [0.25, 0.3) is 0 Å². The van der Waals surface area contributed by atoms with Gasteiger partial charge in [-0.25, -0.2) is 0 Å². The zero-order valence-corrected chi connectivity index (χ0v) is 51.0. The van der Waals surface area contributed by atoms with Crippen LogP contribution in [0.15, 0.2) is 48.6 Å². The largest absolute Gasteiger partial charge is 0.462 e. The maximum Gasteiger partial charge on any atom is 0.306 e. The molecule has 0 spiro atoms. The summed E-state index contributed by atoms with van der Waals surface area (Å²) in [4.78, 5) is 38.0. The highest BCUT2D eigenvalue weighted by Crippen LogP contribution is 2.17. The highest BCUT2D eigenvalue weighted by Gasteiger charge is 2.19. The fourth-order valence-electron chi connectivity index (χ4n) is 9.98. The van der Waals surface area contributed by atoms with Crippen LogP contribution >= 0.6 is 0 Å². The minimum atomic E-state index is -0.770. The molecular formula is C70H128O6. The molecule has 0 N–H and O–H groups in total. The van der Waals surface area contributed by atoms with Crippen molar-refractivity contribution in [2.45, 2.75) is 367 Å². The van der Waals surface area contributed by atoms with Crippen LogP contribution in [0.3, 0.4) is 0 Å². The third-order valence-electron chi connectivity index (χ3n) is 15.1. The van der Waals surface area contributed by atoms with E-state index in [1.54, 1.807) is 0 Å². The smallest absolute Gasteiger partial charge is 0.306 e. The molecule has 0 heterocycles. The summed E-state index contributed by atoms with van der Waals surface area (Å²) in [6.45, 7) is 6.62. The van der Waals surface area contributed by atoms with Crippen molar-refractivity contribution < 1.29 is 28.6 Å². The SMILES string of the molecule is CCCCCCC/C=C\C/C=C\C/C=C\CCCCCCCCCCCCCCCCCCC(=O)OCC(COC(=O)CCCCCCCC)OC(=O)CCCCCCCCCCC/C=C\CCCCCCCCCC. The fourth-order valence-corrected chi connectivity index (χ4v) is 9.98. The van der Waals surface area contributed by atoms with E-state index in [4.69, 9.17) is 14.2 Å². The molecule has 1 unspecified atom stereocenters. The fraction of sp³-hybridized carbons (Fsp3) is 0.843. The second-order valence-electron chi connectivity index (χ2n) is 22.7. The first-order valence-electron chi connectivity index (χ1n) is 33.6. The zero-order valence-electron chi connectivity index (χ0n) is 51.0. The highest BCUT2D eigenvalue weighted by atomic mass is 16.6. The molecule has 1 atom stereocenters. The topological polar surface area (TPSA) is 78.9 Å². The Labute approximate surface area is 473 Å². The van der Waals surface area contributed by atoms with Crippen molar-refractivity contribution in [2.24, 2.45) is 0 Å². The van der Waals surface area contributed by atoms with E-state index < -0.39 is 6.10 Å². The predicted octanol–water partition coefficient (Wildman–Crippen LogP) is 22.9. The summed E-state index contributed by atoms with van der Waals surface area (Å²) in [6.07, 6.45) is 81.7. The van der Waals surface area contributed by atoms with Crippen LogP contribution in [0.1, 0.15) is 361 Å². The molecule has 0 rings (SSSR count). The van der Waals surface area contributed by atoms with E-state index in [1.807, 2.05) is 0 Å². The minimum Gasteiger partial charge on any atom is -0.462 e. The van der Waals surface area contributed by atoms with Gasteiger partial charge < -0.3 is 14.2 Å². The summed E-state index contributed by atoms with van der Waals surface area (Å²) >= 11 is 0. The average molecular weight is 1070 g/mol. The van der Waals surface area contributed by atoms with Crippen LogP contribution in [0.2, 0.25) is 0 Å². The van der Waals surface area contributed by atoms with Gasteiger partial charge in [-0.15, -0.1) is 0 Å². The number of unbranched alkanes of at least 4 members (excludes halogenated alkanes) is 43. The maximum atomic E-state index is 12.8. The summed E-state index contributed by atoms with van der Waals surface area (Å²) in [7, 11) is 0. The van der Waals surface area contributed by atoms with Gasteiger partial charge >= 0.3 is 17.9 Å². The number of hydrogen-bond acceptors (Lipinski definition) is 6. The molecule has 0 aromatic heterocycles. The van der Waals surface area contributed by atoms with E-state index in [9.17, 15) is 14.4 Å². The summed E-state index contributed by atoms with van der Waals surface area (Å²) in [5.41, 5.74) is 0. The van der Waals surface area contributed by atoms with Crippen LogP contribution < -0.4 is 0 Å². The van der Waals surface area contributed by atoms with Gasteiger partial charge in [0.2, 0.25) is 0 Å². The second kappa shape index (κ2) is 64.9. The number of ether oxygens (including phenoxy) is 3. The summed E-state index contributed by atoms with van der Waals surface area (Å²) in [5.74, 6) is -0.863. The molecule has 0 aliphatic rings. The van der Waals surface area contributed by atoms with Gasteiger partial charge in [0.25, 0.3) is 0 Å². The third-order valence-corrected chi connectivity index (χ3v) is 15.1. The van der Waals surface area contributed by atoms with Crippen LogP contribution in [-0.2, 0) is 28.6 Å². The van der Waals surface area contributed by atoms with Gasteiger partial charge in [-0.1, -0.05) is 307 Å². The van der Waals surface area contributed by atoms with Crippen LogP contribution in [0.4, 0.5) is 0 Å². The molecule has 0 aliphatic carbocycles. The monoisotopic (exact) mass is 1060 g/mol. The molecular weight excluding hydrogens is 937 g/mol. The van der Waals surface area contributed by atoms with Crippen LogP contribution in [0.5, 0.6) is 0 Å². The zero-order chi connectivity index (χ0) is 55.0. The second-order valence-corrected chi connectivity index (χ2v) is 22.7. The van der Waals surface area contributed by atoms with Crippen molar-refractivity contribution in [2.75, 3.05) is 13.2 Å². The normalized spacial score (nSPS) is 12.3. The highest BCUT2D eigenvalue weighted by molar-refractivity contribution is 5.71. The lowest BCUT2D eigenvalue weighted by atomic mass is 10.0. The molecule has 0 radical (unpaired) electrons. The van der Waals surface area contributed by atoms with Gasteiger partial charge in [0.05, 0.1) is 0 Å². The Morgan fingerprint density at radius 3 is 0.750 bits per heavy atom. The van der Waals surface area contributed by atoms with E-state index in [1.165, 1.54) is 250 Å². The van der Waals surface area contributed by atoms with E-state index in [0.717, 1.165) is 70.6 Å². The number of carbonyl (C=O) groups excluding carboxylic acids is 3. The standard InChI is InChI=1S/C70H128O6/c1-4-7-10-13-16-18-20-22-24-26-28-30-31-32-33-34-35-36-37-38-39-41-42-44-46-48-50-52-54-57-60-63-69(72)75-66-67(65-74-68(71)62-59-56-15-12-9-6-3)76-70(73)64-61-58-55-53-51-49-47-45-43-40-29-27-25-23-21-19-17-14-11-8-5-2/h20,22,26-29,31-32,67H,4-19,21,23-25,30,33-66H2,1-3H3/b22-20-,28-26-,29-27-,32-31-. The quantitative estimate of drug-likeness (QED) is 0.0261. The first kappa shape index (κ1) is 73.4.